The zero-order chi connectivity index (χ0) is 13.7. The lowest BCUT2D eigenvalue weighted by Gasteiger charge is -2.26. The van der Waals surface area contributed by atoms with Gasteiger partial charge >= 0.3 is 0 Å². The molecule has 106 valence electrons. The van der Waals surface area contributed by atoms with Crippen LogP contribution in [0.25, 0.3) is 0 Å². The molecule has 0 radical (unpaired) electrons. The molecule has 1 fully saturated rings. The van der Waals surface area contributed by atoms with Crippen molar-refractivity contribution in [2.24, 2.45) is 12.5 Å². The zero-order valence-electron chi connectivity index (χ0n) is 11.9. The van der Waals surface area contributed by atoms with Crippen LogP contribution in [-0.2, 0) is 18.3 Å². The second-order valence-electron chi connectivity index (χ2n) is 5.42. The number of amides is 1. The summed E-state index contributed by atoms with van der Waals surface area (Å²) in [5, 5.41) is 6.40. The molecular weight excluding hydrogens is 240 g/mol. The van der Waals surface area contributed by atoms with Crippen molar-refractivity contribution in [3.8, 4) is 0 Å². The van der Waals surface area contributed by atoms with Crippen LogP contribution in [0.2, 0.25) is 0 Å². The Labute approximate surface area is 114 Å². The largest absolute Gasteiger partial charge is 0.355 e. The fourth-order valence-corrected chi connectivity index (χ4v) is 2.86. The van der Waals surface area contributed by atoms with E-state index in [9.17, 15) is 4.79 Å². The van der Waals surface area contributed by atoms with E-state index in [1.807, 2.05) is 17.8 Å². The molecular formula is C14H24N4O. The minimum absolute atomic E-state index is 0.184. The molecule has 0 saturated carbocycles. The van der Waals surface area contributed by atoms with Gasteiger partial charge in [-0.3, -0.25) is 4.79 Å². The lowest BCUT2D eigenvalue weighted by Crippen LogP contribution is -2.43. The number of hydrogen-bond donors (Lipinski definition) is 2. The minimum atomic E-state index is -0.184. The Bertz CT molecular complexity index is 421. The molecule has 2 N–H and O–H groups in total. The number of imidazole rings is 1. The summed E-state index contributed by atoms with van der Waals surface area (Å²) in [7, 11) is 1.98. The van der Waals surface area contributed by atoms with Crippen molar-refractivity contribution < 1.29 is 4.79 Å². The molecule has 2 rings (SSSR count). The molecule has 0 aliphatic carbocycles. The van der Waals surface area contributed by atoms with Crippen molar-refractivity contribution in [1.82, 2.24) is 20.2 Å². The van der Waals surface area contributed by atoms with E-state index in [1.54, 1.807) is 6.20 Å². The van der Waals surface area contributed by atoms with E-state index in [-0.39, 0.29) is 11.3 Å². The Balaban J connectivity index is 1.84. The summed E-state index contributed by atoms with van der Waals surface area (Å²) >= 11 is 0. The molecule has 19 heavy (non-hydrogen) atoms. The van der Waals surface area contributed by atoms with E-state index in [0.717, 1.165) is 44.6 Å². The third kappa shape index (κ3) is 3.15. The van der Waals surface area contributed by atoms with Gasteiger partial charge in [0.05, 0.1) is 5.41 Å². The van der Waals surface area contributed by atoms with Gasteiger partial charge in [0.1, 0.15) is 5.82 Å². The summed E-state index contributed by atoms with van der Waals surface area (Å²) in [6.07, 6.45) is 7.47. The van der Waals surface area contributed by atoms with Crippen LogP contribution in [0.4, 0.5) is 0 Å². The van der Waals surface area contributed by atoms with Crippen LogP contribution in [0.1, 0.15) is 32.0 Å². The lowest BCUT2D eigenvalue weighted by atomic mass is 9.81. The monoisotopic (exact) mass is 264 g/mol. The third-order valence-electron chi connectivity index (χ3n) is 4.01. The Hall–Kier alpha value is -1.36. The van der Waals surface area contributed by atoms with Gasteiger partial charge in [0.25, 0.3) is 0 Å². The first kappa shape index (κ1) is 14.1. The molecule has 1 aliphatic rings. The minimum Gasteiger partial charge on any atom is -0.355 e. The SMILES string of the molecule is CCCC1(C(=O)NCCc2nccn2C)CCNC1. The van der Waals surface area contributed by atoms with Crippen LogP contribution in [0.5, 0.6) is 0 Å². The van der Waals surface area contributed by atoms with Crippen LogP contribution in [0.3, 0.4) is 0 Å². The van der Waals surface area contributed by atoms with Crippen molar-refractivity contribution in [3.63, 3.8) is 0 Å². The van der Waals surface area contributed by atoms with Gasteiger partial charge in [-0.25, -0.2) is 4.98 Å². The smallest absolute Gasteiger partial charge is 0.227 e. The highest BCUT2D eigenvalue weighted by Gasteiger charge is 2.39. The quantitative estimate of drug-likeness (QED) is 0.801. The van der Waals surface area contributed by atoms with Gasteiger partial charge < -0.3 is 15.2 Å². The van der Waals surface area contributed by atoms with Gasteiger partial charge in [-0.15, -0.1) is 0 Å². The summed E-state index contributed by atoms with van der Waals surface area (Å²) in [4.78, 5) is 16.7. The topological polar surface area (TPSA) is 59.0 Å². The second-order valence-corrected chi connectivity index (χ2v) is 5.42. The first-order valence-electron chi connectivity index (χ1n) is 7.13. The maximum Gasteiger partial charge on any atom is 0.227 e. The summed E-state index contributed by atoms with van der Waals surface area (Å²) in [6.45, 7) is 4.57. The highest BCUT2D eigenvalue weighted by molar-refractivity contribution is 5.83. The van der Waals surface area contributed by atoms with Crippen molar-refractivity contribution >= 4 is 5.91 Å². The molecule has 5 heteroatoms. The molecule has 1 saturated heterocycles. The van der Waals surface area contributed by atoms with Gasteiger partial charge in [-0.05, 0) is 19.4 Å². The normalized spacial score (nSPS) is 22.6. The average Bonchev–Trinajstić information content (AvgIpc) is 3.01. The Kier molecular flexibility index (Phi) is 4.58. The van der Waals surface area contributed by atoms with Gasteiger partial charge in [0.15, 0.2) is 0 Å². The van der Waals surface area contributed by atoms with Crippen molar-refractivity contribution in [2.45, 2.75) is 32.6 Å². The number of nitrogens with zero attached hydrogens (tertiary/aromatic N) is 2. The Morgan fingerprint density at radius 2 is 2.47 bits per heavy atom. The summed E-state index contributed by atoms with van der Waals surface area (Å²) in [5.41, 5.74) is -0.184. The van der Waals surface area contributed by atoms with E-state index in [4.69, 9.17) is 0 Å². The molecule has 1 amide bonds. The number of aromatic nitrogens is 2. The molecule has 2 heterocycles. The number of nitrogens with one attached hydrogen (secondary N) is 2. The molecule has 1 unspecified atom stereocenters. The number of hydrogen-bond acceptors (Lipinski definition) is 3. The second kappa shape index (κ2) is 6.19. The van der Waals surface area contributed by atoms with E-state index >= 15 is 0 Å². The summed E-state index contributed by atoms with van der Waals surface area (Å²) in [5.74, 6) is 1.21. The summed E-state index contributed by atoms with van der Waals surface area (Å²) < 4.78 is 1.99. The highest BCUT2D eigenvalue weighted by atomic mass is 16.2. The maximum atomic E-state index is 12.4. The predicted octanol–water partition coefficient (Wildman–Crippen LogP) is 0.859. The third-order valence-corrected chi connectivity index (χ3v) is 4.01. The average molecular weight is 264 g/mol. The number of carbonyl (C=O) groups excluding carboxylic acids is 1. The Morgan fingerprint density at radius 3 is 3.05 bits per heavy atom. The summed E-state index contributed by atoms with van der Waals surface area (Å²) in [6, 6.07) is 0. The molecule has 1 aromatic heterocycles. The van der Waals surface area contributed by atoms with E-state index in [1.165, 1.54) is 0 Å². The number of carbonyl (C=O) groups is 1. The fraction of sp³-hybridized carbons (Fsp3) is 0.714. The molecule has 1 atom stereocenters. The van der Waals surface area contributed by atoms with Crippen molar-refractivity contribution in [1.29, 1.82) is 0 Å². The molecule has 1 aromatic rings. The first-order valence-corrected chi connectivity index (χ1v) is 7.13. The number of rotatable bonds is 6. The van der Waals surface area contributed by atoms with Gasteiger partial charge in [-0.1, -0.05) is 13.3 Å². The van der Waals surface area contributed by atoms with Crippen LogP contribution in [0.15, 0.2) is 12.4 Å². The van der Waals surface area contributed by atoms with Crippen LogP contribution in [-0.4, -0.2) is 35.1 Å². The van der Waals surface area contributed by atoms with E-state index in [2.05, 4.69) is 22.5 Å². The molecule has 5 nitrogen and oxygen atoms in total. The van der Waals surface area contributed by atoms with E-state index < -0.39 is 0 Å². The lowest BCUT2D eigenvalue weighted by molar-refractivity contribution is -0.130. The maximum absolute atomic E-state index is 12.4. The van der Waals surface area contributed by atoms with Crippen LogP contribution >= 0.6 is 0 Å². The predicted molar refractivity (Wildman–Crippen MR) is 74.7 cm³/mol. The molecule has 0 bridgehead atoms. The van der Waals surface area contributed by atoms with E-state index in [0.29, 0.717) is 6.54 Å². The van der Waals surface area contributed by atoms with Gasteiger partial charge in [0.2, 0.25) is 5.91 Å². The standard InChI is InChI=1S/C14H24N4O/c1-3-5-14(6-8-15-11-14)13(19)17-7-4-12-16-9-10-18(12)2/h9-10,15H,3-8,11H2,1-2H3,(H,17,19). The molecule has 0 spiro atoms. The van der Waals surface area contributed by atoms with Gasteiger partial charge in [0, 0.05) is 39.0 Å². The highest BCUT2D eigenvalue weighted by Crippen LogP contribution is 2.31. The molecule has 1 aliphatic heterocycles. The Morgan fingerprint density at radius 1 is 1.63 bits per heavy atom. The zero-order valence-corrected chi connectivity index (χ0v) is 11.9. The fourth-order valence-electron chi connectivity index (χ4n) is 2.86. The number of aryl methyl sites for hydroxylation is 1. The van der Waals surface area contributed by atoms with Crippen molar-refractivity contribution in [2.75, 3.05) is 19.6 Å². The first-order chi connectivity index (χ1) is 9.18. The van der Waals surface area contributed by atoms with Crippen LogP contribution in [0, 0.1) is 5.41 Å². The van der Waals surface area contributed by atoms with Crippen molar-refractivity contribution in [3.05, 3.63) is 18.2 Å². The van der Waals surface area contributed by atoms with Gasteiger partial charge in [-0.2, -0.15) is 0 Å². The van der Waals surface area contributed by atoms with Crippen LogP contribution < -0.4 is 10.6 Å². The molecule has 0 aromatic carbocycles.